The zero-order valence-electron chi connectivity index (χ0n) is 12.5. The molecule has 1 aliphatic heterocycles. The highest BCUT2D eigenvalue weighted by Gasteiger charge is 2.23. The van der Waals surface area contributed by atoms with Crippen molar-refractivity contribution in [2.75, 3.05) is 26.2 Å². The highest BCUT2D eigenvalue weighted by atomic mass is 79.9. The van der Waals surface area contributed by atoms with Crippen molar-refractivity contribution in [1.29, 1.82) is 0 Å². The minimum absolute atomic E-state index is 0. The van der Waals surface area contributed by atoms with Gasteiger partial charge >= 0.3 is 0 Å². The van der Waals surface area contributed by atoms with Crippen molar-refractivity contribution >= 4 is 40.7 Å². The Morgan fingerprint density at radius 2 is 1.86 bits per heavy atom. The van der Waals surface area contributed by atoms with E-state index in [-0.39, 0.29) is 24.8 Å². The second-order valence-corrected chi connectivity index (χ2v) is 6.50. The summed E-state index contributed by atoms with van der Waals surface area (Å²) in [5, 5.41) is 13.1. The molecule has 0 radical (unpaired) electrons. The lowest BCUT2D eigenvalue weighted by Crippen LogP contribution is -2.45. The molecule has 0 bridgehead atoms. The zero-order chi connectivity index (χ0) is 13.8. The highest BCUT2D eigenvalue weighted by molar-refractivity contribution is 9.10. The Bertz CT molecular complexity index is 426. The summed E-state index contributed by atoms with van der Waals surface area (Å²) in [6.45, 7) is 8.85. The fourth-order valence-electron chi connectivity index (χ4n) is 2.67. The fraction of sp³-hybridized carbons (Fsp3) is 0.600. The van der Waals surface area contributed by atoms with Gasteiger partial charge in [0.15, 0.2) is 0 Å². The van der Waals surface area contributed by atoms with Gasteiger partial charge in [0, 0.05) is 32.2 Å². The van der Waals surface area contributed by atoms with Crippen LogP contribution in [0.3, 0.4) is 0 Å². The summed E-state index contributed by atoms with van der Waals surface area (Å²) >= 11 is 3.42. The third-order valence-corrected chi connectivity index (χ3v) is 4.28. The first-order valence-electron chi connectivity index (χ1n) is 7.01. The fourth-order valence-corrected chi connectivity index (χ4v) is 3.06. The standard InChI is InChI=1S/C15H23BrN2O.2ClH/c1-11(2)9-14(18-7-5-17-6-8-18)12-3-4-15(19)13(16)10-12;;/h3-4,10-11,14,17,19H,5-9H2,1-2H3;2*1H/t14-;;/m0../s1. The molecule has 6 heteroatoms. The molecule has 1 atom stereocenters. The first-order chi connectivity index (χ1) is 9.08. The van der Waals surface area contributed by atoms with Gasteiger partial charge in [-0.15, -0.1) is 24.8 Å². The van der Waals surface area contributed by atoms with Crippen LogP contribution in [0.25, 0.3) is 0 Å². The van der Waals surface area contributed by atoms with E-state index in [0.717, 1.165) is 37.1 Å². The zero-order valence-corrected chi connectivity index (χ0v) is 15.7. The number of phenolic OH excluding ortho intramolecular Hbond substituents is 1. The predicted molar refractivity (Wildman–Crippen MR) is 96.9 cm³/mol. The van der Waals surface area contributed by atoms with Crippen LogP contribution in [0.15, 0.2) is 22.7 Å². The maximum atomic E-state index is 9.65. The van der Waals surface area contributed by atoms with Crippen LogP contribution in [0.4, 0.5) is 0 Å². The minimum atomic E-state index is 0. The summed E-state index contributed by atoms with van der Waals surface area (Å²) in [7, 11) is 0. The summed E-state index contributed by atoms with van der Waals surface area (Å²) < 4.78 is 0.786. The van der Waals surface area contributed by atoms with Crippen LogP contribution in [-0.2, 0) is 0 Å². The van der Waals surface area contributed by atoms with Crippen molar-refractivity contribution in [3.8, 4) is 5.75 Å². The topological polar surface area (TPSA) is 35.5 Å². The maximum absolute atomic E-state index is 9.65. The van der Waals surface area contributed by atoms with E-state index in [9.17, 15) is 5.11 Å². The molecule has 21 heavy (non-hydrogen) atoms. The molecule has 0 saturated carbocycles. The Balaban J connectivity index is 0.00000200. The Morgan fingerprint density at radius 3 is 2.38 bits per heavy atom. The molecule has 0 unspecified atom stereocenters. The van der Waals surface area contributed by atoms with Gasteiger partial charge in [-0.05, 0) is 46.0 Å². The molecular weight excluding hydrogens is 375 g/mol. The van der Waals surface area contributed by atoms with E-state index in [2.05, 4.69) is 52.1 Å². The third kappa shape index (κ3) is 5.95. The highest BCUT2D eigenvalue weighted by Crippen LogP contribution is 2.33. The molecule has 0 aromatic heterocycles. The molecule has 0 amide bonds. The van der Waals surface area contributed by atoms with Gasteiger partial charge in [0.25, 0.3) is 0 Å². The van der Waals surface area contributed by atoms with Gasteiger partial charge in [-0.25, -0.2) is 0 Å². The third-order valence-electron chi connectivity index (χ3n) is 3.64. The van der Waals surface area contributed by atoms with Gasteiger partial charge in [0.05, 0.1) is 4.47 Å². The summed E-state index contributed by atoms with van der Waals surface area (Å²) in [5.74, 6) is 0.972. The van der Waals surface area contributed by atoms with Gasteiger partial charge in [-0.1, -0.05) is 19.9 Å². The average molecular weight is 400 g/mol. The van der Waals surface area contributed by atoms with E-state index in [4.69, 9.17) is 0 Å². The number of nitrogens with one attached hydrogen (secondary N) is 1. The van der Waals surface area contributed by atoms with E-state index in [1.165, 1.54) is 5.56 Å². The number of nitrogens with zero attached hydrogens (tertiary/aromatic N) is 1. The van der Waals surface area contributed by atoms with Crippen LogP contribution in [-0.4, -0.2) is 36.2 Å². The lowest BCUT2D eigenvalue weighted by atomic mass is 9.95. The van der Waals surface area contributed by atoms with Crippen molar-refractivity contribution < 1.29 is 5.11 Å². The average Bonchev–Trinajstić information content (AvgIpc) is 2.40. The lowest BCUT2D eigenvalue weighted by Gasteiger charge is -2.36. The molecule has 1 fully saturated rings. The molecular formula is C15H25BrCl2N2O. The second kappa shape index (κ2) is 9.90. The monoisotopic (exact) mass is 398 g/mol. The molecule has 122 valence electrons. The second-order valence-electron chi connectivity index (χ2n) is 5.64. The van der Waals surface area contributed by atoms with Crippen LogP contribution in [0.1, 0.15) is 31.9 Å². The van der Waals surface area contributed by atoms with Crippen molar-refractivity contribution in [3.63, 3.8) is 0 Å². The molecule has 0 aliphatic carbocycles. The molecule has 0 spiro atoms. The summed E-state index contributed by atoms with van der Waals surface area (Å²) in [5.41, 5.74) is 1.29. The molecule has 2 N–H and O–H groups in total. The number of hydrogen-bond donors (Lipinski definition) is 2. The van der Waals surface area contributed by atoms with Gasteiger partial charge in [-0.3, -0.25) is 4.90 Å². The Labute approximate surface area is 148 Å². The molecule has 1 aromatic rings. The van der Waals surface area contributed by atoms with Gasteiger partial charge < -0.3 is 10.4 Å². The molecule has 1 aromatic carbocycles. The molecule has 2 rings (SSSR count). The van der Waals surface area contributed by atoms with E-state index >= 15 is 0 Å². The minimum Gasteiger partial charge on any atom is -0.507 e. The summed E-state index contributed by atoms with van der Waals surface area (Å²) in [4.78, 5) is 2.55. The quantitative estimate of drug-likeness (QED) is 0.803. The number of aromatic hydroxyl groups is 1. The van der Waals surface area contributed by atoms with Gasteiger partial charge in [-0.2, -0.15) is 0 Å². The molecule has 1 saturated heterocycles. The van der Waals surface area contributed by atoms with E-state index in [1.54, 1.807) is 6.07 Å². The van der Waals surface area contributed by atoms with Crippen molar-refractivity contribution in [2.45, 2.75) is 26.3 Å². The van der Waals surface area contributed by atoms with E-state index in [1.807, 2.05) is 0 Å². The first-order valence-corrected chi connectivity index (χ1v) is 7.80. The number of hydrogen-bond acceptors (Lipinski definition) is 3. The van der Waals surface area contributed by atoms with Crippen LogP contribution >= 0.6 is 40.7 Å². The summed E-state index contributed by atoms with van der Waals surface area (Å²) in [6.07, 6.45) is 1.15. The normalized spacial score (nSPS) is 17.0. The van der Waals surface area contributed by atoms with Crippen LogP contribution in [0.5, 0.6) is 5.75 Å². The number of piperazine rings is 1. The van der Waals surface area contributed by atoms with Crippen LogP contribution in [0, 0.1) is 5.92 Å². The SMILES string of the molecule is CC(C)C[C@@H](c1ccc(O)c(Br)c1)N1CCNCC1.Cl.Cl. The maximum Gasteiger partial charge on any atom is 0.129 e. The molecule has 3 nitrogen and oxygen atoms in total. The van der Waals surface area contributed by atoms with Gasteiger partial charge in [0.2, 0.25) is 0 Å². The van der Waals surface area contributed by atoms with Crippen molar-refractivity contribution in [1.82, 2.24) is 10.2 Å². The molecule has 1 aliphatic rings. The number of phenols is 1. The Hall–Kier alpha value is -0.000000000000000111. The smallest absolute Gasteiger partial charge is 0.129 e. The van der Waals surface area contributed by atoms with Gasteiger partial charge in [0.1, 0.15) is 5.75 Å². The van der Waals surface area contributed by atoms with Crippen LogP contribution < -0.4 is 5.32 Å². The first kappa shape index (κ1) is 21.0. The number of rotatable bonds is 4. The summed E-state index contributed by atoms with van der Waals surface area (Å²) in [6, 6.07) is 6.34. The number of halogens is 3. The molecule has 1 heterocycles. The van der Waals surface area contributed by atoms with Crippen molar-refractivity contribution in [2.24, 2.45) is 5.92 Å². The van der Waals surface area contributed by atoms with E-state index in [0.29, 0.717) is 17.7 Å². The largest absolute Gasteiger partial charge is 0.507 e. The van der Waals surface area contributed by atoms with Crippen LogP contribution in [0.2, 0.25) is 0 Å². The Morgan fingerprint density at radius 1 is 1.24 bits per heavy atom. The van der Waals surface area contributed by atoms with E-state index < -0.39 is 0 Å². The predicted octanol–water partition coefficient (Wildman–Crippen LogP) is 3.99. The number of benzene rings is 1. The Kier molecular flexibility index (Phi) is 9.90. The lowest BCUT2D eigenvalue weighted by molar-refractivity contribution is 0.154. The van der Waals surface area contributed by atoms with Crippen molar-refractivity contribution in [3.05, 3.63) is 28.2 Å².